The quantitative estimate of drug-likeness (QED) is 0.859. The summed E-state index contributed by atoms with van der Waals surface area (Å²) in [5, 5.41) is 2.93. The molecule has 2 aromatic rings. The number of amides is 1. The SMILES string of the molecule is CC1CCN(C(=O)c2ccc(Nc3ccc(C(F)(F)F)cc3)nc2)CC1. The number of hydrogen-bond acceptors (Lipinski definition) is 3. The maximum absolute atomic E-state index is 12.6. The second-order valence-corrected chi connectivity index (χ2v) is 6.61. The highest BCUT2D eigenvalue weighted by molar-refractivity contribution is 5.94. The van der Waals surface area contributed by atoms with Crippen molar-refractivity contribution in [2.75, 3.05) is 18.4 Å². The van der Waals surface area contributed by atoms with Gasteiger partial charge in [0.15, 0.2) is 0 Å². The first-order valence-electron chi connectivity index (χ1n) is 8.52. The van der Waals surface area contributed by atoms with Crippen LogP contribution in [0.4, 0.5) is 24.7 Å². The van der Waals surface area contributed by atoms with Crippen LogP contribution in [0.1, 0.15) is 35.7 Å². The summed E-state index contributed by atoms with van der Waals surface area (Å²) < 4.78 is 37.7. The molecule has 2 heterocycles. The highest BCUT2D eigenvalue weighted by Gasteiger charge is 2.30. The van der Waals surface area contributed by atoms with Crippen molar-refractivity contribution in [1.82, 2.24) is 9.88 Å². The topological polar surface area (TPSA) is 45.2 Å². The molecule has 0 radical (unpaired) electrons. The van der Waals surface area contributed by atoms with Crippen LogP contribution in [0.2, 0.25) is 0 Å². The van der Waals surface area contributed by atoms with Crippen LogP contribution in [-0.4, -0.2) is 28.9 Å². The molecule has 0 spiro atoms. The van der Waals surface area contributed by atoms with Gasteiger partial charge in [0, 0.05) is 25.0 Å². The number of aromatic nitrogens is 1. The van der Waals surface area contributed by atoms with Gasteiger partial charge >= 0.3 is 6.18 Å². The third-order valence-electron chi connectivity index (χ3n) is 4.57. The molecule has 0 bridgehead atoms. The Bertz CT molecular complexity index is 749. The number of piperidine rings is 1. The fourth-order valence-corrected chi connectivity index (χ4v) is 2.88. The Labute approximate surface area is 150 Å². The smallest absolute Gasteiger partial charge is 0.340 e. The maximum atomic E-state index is 12.6. The molecule has 0 unspecified atom stereocenters. The standard InChI is InChI=1S/C19H20F3N3O/c1-13-8-10-25(11-9-13)18(26)14-2-7-17(23-12-14)24-16-5-3-15(4-6-16)19(20,21)22/h2-7,12-13H,8-11H2,1H3,(H,23,24). The van der Waals surface area contributed by atoms with Gasteiger partial charge in [-0.3, -0.25) is 4.79 Å². The Morgan fingerprint density at radius 1 is 1.12 bits per heavy atom. The first-order chi connectivity index (χ1) is 12.3. The summed E-state index contributed by atoms with van der Waals surface area (Å²) in [5.41, 5.74) is 0.305. The average molecular weight is 363 g/mol. The molecule has 1 aromatic carbocycles. The number of carbonyl (C=O) groups excluding carboxylic acids is 1. The first kappa shape index (κ1) is 18.2. The number of alkyl halides is 3. The second kappa shape index (κ2) is 7.35. The first-order valence-corrected chi connectivity index (χ1v) is 8.52. The number of halogens is 3. The summed E-state index contributed by atoms with van der Waals surface area (Å²) in [5.74, 6) is 1.08. The largest absolute Gasteiger partial charge is 0.416 e. The predicted octanol–water partition coefficient (Wildman–Crippen LogP) is 4.72. The second-order valence-electron chi connectivity index (χ2n) is 6.61. The van der Waals surface area contributed by atoms with Crippen molar-refractivity contribution in [2.24, 2.45) is 5.92 Å². The fraction of sp³-hybridized carbons (Fsp3) is 0.368. The highest BCUT2D eigenvalue weighted by atomic mass is 19.4. The highest BCUT2D eigenvalue weighted by Crippen LogP contribution is 2.30. The van der Waals surface area contributed by atoms with Crippen molar-refractivity contribution in [3.63, 3.8) is 0 Å². The Kier molecular flexibility index (Phi) is 5.15. The van der Waals surface area contributed by atoms with E-state index in [1.54, 1.807) is 12.1 Å². The Balaban J connectivity index is 1.63. The van der Waals surface area contributed by atoms with Crippen LogP contribution in [0.25, 0.3) is 0 Å². The van der Waals surface area contributed by atoms with Crippen LogP contribution >= 0.6 is 0 Å². The molecule has 26 heavy (non-hydrogen) atoms. The van der Waals surface area contributed by atoms with E-state index < -0.39 is 11.7 Å². The van der Waals surface area contributed by atoms with Crippen LogP contribution in [0.15, 0.2) is 42.6 Å². The van der Waals surface area contributed by atoms with Gasteiger partial charge in [-0.25, -0.2) is 4.98 Å². The van der Waals surface area contributed by atoms with Crippen LogP contribution in [-0.2, 0) is 6.18 Å². The summed E-state index contributed by atoms with van der Waals surface area (Å²) in [6.45, 7) is 3.70. The molecule has 1 N–H and O–H groups in total. The summed E-state index contributed by atoms with van der Waals surface area (Å²) in [6.07, 6.45) is -0.850. The van der Waals surface area contributed by atoms with Crippen LogP contribution < -0.4 is 5.32 Å². The van der Waals surface area contributed by atoms with Crippen molar-refractivity contribution in [1.29, 1.82) is 0 Å². The molecule has 1 fully saturated rings. The lowest BCUT2D eigenvalue weighted by Gasteiger charge is -2.30. The number of nitrogens with zero attached hydrogens (tertiary/aromatic N) is 2. The van der Waals surface area contributed by atoms with Gasteiger partial charge < -0.3 is 10.2 Å². The molecule has 1 amide bonds. The lowest BCUT2D eigenvalue weighted by molar-refractivity contribution is -0.137. The van der Waals surface area contributed by atoms with Crippen molar-refractivity contribution in [2.45, 2.75) is 25.9 Å². The number of likely N-dealkylation sites (tertiary alicyclic amines) is 1. The average Bonchev–Trinajstić information content (AvgIpc) is 2.62. The third kappa shape index (κ3) is 4.33. The zero-order chi connectivity index (χ0) is 18.7. The number of rotatable bonds is 3. The number of carbonyl (C=O) groups is 1. The van der Waals surface area contributed by atoms with Gasteiger partial charge in [0.2, 0.25) is 0 Å². The van der Waals surface area contributed by atoms with E-state index in [-0.39, 0.29) is 5.91 Å². The van der Waals surface area contributed by atoms with Crippen LogP contribution in [0.5, 0.6) is 0 Å². The Morgan fingerprint density at radius 2 is 1.77 bits per heavy atom. The molecule has 4 nitrogen and oxygen atoms in total. The lowest BCUT2D eigenvalue weighted by atomic mass is 9.99. The van der Waals surface area contributed by atoms with E-state index in [0.717, 1.165) is 38.1 Å². The molecule has 1 aliphatic heterocycles. The van der Waals surface area contributed by atoms with Gasteiger partial charge in [-0.2, -0.15) is 13.2 Å². The molecule has 7 heteroatoms. The van der Waals surface area contributed by atoms with E-state index in [1.807, 2.05) is 4.90 Å². The zero-order valence-corrected chi connectivity index (χ0v) is 14.4. The zero-order valence-electron chi connectivity index (χ0n) is 14.4. The normalized spacial score (nSPS) is 15.8. The minimum atomic E-state index is -4.36. The van der Waals surface area contributed by atoms with E-state index >= 15 is 0 Å². The Morgan fingerprint density at radius 3 is 2.31 bits per heavy atom. The van der Waals surface area contributed by atoms with Gasteiger partial charge in [0.1, 0.15) is 5.82 Å². The molecule has 3 rings (SSSR count). The summed E-state index contributed by atoms with van der Waals surface area (Å²) in [6, 6.07) is 8.04. The molecule has 1 saturated heterocycles. The summed E-state index contributed by atoms with van der Waals surface area (Å²) in [4.78, 5) is 18.5. The molecular formula is C19H20F3N3O. The molecule has 0 atom stereocenters. The molecule has 1 aliphatic rings. The molecule has 0 saturated carbocycles. The van der Waals surface area contributed by atoms with Crippen LogP contribution in [0.3, 0.4) is 0 Å². The molecule has 1 aromatic heterocycles. The van der Waals surface area contributed by atoms with Gasteiger partial charge in [-0.15, -0.1) is 0 Å². The lowest BCUT2D eigenvalue weighted by Crippen LogP contribution is -2.37. The maximum Gasteiger partial charge on any atom is 0.416 e. The molecule has 138 valence electrons. The van der Waals surface area contributed by atoms with Gasteiger partial charge in [0.05, 0.1) is 11.1 Å². The number of anilines is 2. The number of nitrogens with one attached hydrogen (secondary N) is 1. The Hall–Kier alpha value is -2.57. The fourth-order valence-electron chi connectivity index (χ4n) is 2.88. The summed E-state index contributed by atoms with van der Waals surface area (Å²) >= 11 is 0. The van der Waals surface area contributed by atoms with E-state index in [9.17, 15) is 18.0 Å². The third-order valence-corrected chi connectivity index (χ3v) is 4.57. The molecule has 0 aliphatic carbocycles. The van der Waals surface area contributed by atoms with E-state index in [2.05, 4.69) is 17.2 Å². The summed E-state index contributed by atoms with van der Waals surface area (Å²) in [7, 11) is 0. The van der Waals surface area contributed by atoms with E-state index in [0.29, 0.717) is 23.0 Å². The van der Waals surface area contributed by atoms with E-state index in [4.69, 9.17) is 0 Å². The number of benzene rings is 1. The monoisotopic (exact) mass is 363 g/mol. The predicted molar refractivity (Wildman–Crippen MR) is 93.3 cm³/mol. The number of pyridine rings is 1. The van der Waals surface area contributed by atoms with Crippen molar-refractivity contribution in [3.8, 4) is 0 Å². The van der Waals surface area contributed by atoms with Gasteiger partial charge in [0.25, 0.3) is 5.91 Å². The van der Waals surface area contributed by atoms with Crippen LogP contribution in [0, 0.1) is 5.92 Å². The minimum absolute atomic E-state index is 0.0366. The van der Waals surface area contributed by atoms with Crippen molar-refractivity contribution in [3.05, 3.63) is 53.7 Å². The van der Waals surface area contributed by atoms with Gasteiger partial charge in [-0.1, -0.05) is 6.92 Å². The van der Waals surface area contributed by atoms with Crippen molar-refractivity contribution >= 4 is 17.4 Å². The minimum Gasteiger partial charge on any atom is -0.340 e. The number of hydrogen-bond donors (Lipinski definition) is 1. The van der Waals surface area contributed by atoms with Gasteiger partial charge in [-0.05, 0) is 55.2 Å². The molecular weight excluding hydrogens is 343 g/mol. The van der Waals surface area contributed by atoms with E-state index in [1.165, 1.54) is 18.3 Å². The van der Waals surface area contributed by atoms with Crippen molar-refractivity contribution < 1.29 is 18.0 Å².